The van der Waals surface area contributed by atoms with E-state index in [0.29, 0.717) is 19.6 Å². The standard InChI is InChI=1S/C19H21FN4O5S/c20-15-5-7-16(8-6-15)30(28,29)23-13-11-22(12-14-23)10-9-21-19(25)17-3-1-2-4-18(17)24(26)27/h1-8H,9-14H2,(H,21,25). The average Bonchev–Trinajstić information content (AvgIpc) is 2.74. The van der Waals surface area contributed by atoms with Gasteiger partial charge in [-0.1, -0.05) is 12.1 Å². The van der Waals surface area contributed by atoms with Crippen LogP contribution in [-0.2, 0) is 10.0 Å². The molecule has 1 aliphatic rings. The molecule has 160 valence electrons. The number of nitro groups is 1. The van der Waals surface area contributed by atoms with E-state index in [1.807, 2.05) is 4.90 Å². The van der Waals surface area contributed by atoms with E-state index >= 15 is 0 Å². The smallest absolute Gasteiger partial charge is 0.282 e. The number of amides is 1. The molecule has 1 amide bonds. The Kier molecular flexibility index (Phi) is 6.75. The highest BCUT2D eigenvalue weighted by molar-refractivity contribution is 7.89. The van der Waals surface area contributed by atoms with Crippen LogP contribution in [0.25, 0.3) is 0 Å². The summed E-state index contributed by atoms with van der Waals surface area (Å²) in [5, 5.41) is 13.7. The monoisotopic (exact) mass is 436 g/mol. The van der Waals surface area contributed by atoms with Crippen molar-refractivity contribution in [2.24, 2.45) is 0 Å². The van der Waals surface area contributed by atoms with E-state index < -0.39 is 26.7 Å². The van der Waals surface area contributed by atoms with Gasteiger partial charge >= 0.3 is 0 Å². The Hall–Kier alpha value is -2.89. The molecule has 0 bridgehead atoms. The number of hydrogen-bond acceptors (Lipinski definition) is 6. The third-order valence-electron chi connectivity index (χ3n) is 4.84. The van der Waals surface area contributed by atoms with Gasteiger partial charge in [-0.2, -0.15) is 4.31 Å². The maximum absolute atomic E-state index is 13.0. The number of piperazine rings is 1. The average molecular weight is 436 g/mol. The predicted molar refractivity (Wildman–Crippen MR) is 107 cm³/mol. The van der Waals surface area contributed by atoms with Gasteiger partial charge in [-0.05, 0) is 30.3 Å². The van der Waals surface area contributed by atoms with Crippen molar-refractivity contribution >= 4 is 21.6 Å². The number of nitro benzene ring substituents is 1. The van der Waals surface area contributed by atoms with Crippen LogP contribution < -0.4 is 5.32 Å². The quantitative estimate of drug-likeness (QED) is 0.520. The number of sulfonamides is 1. The second-order valence-electron chi connectivity index (χ2n) is 6.73. The van der Waals surface area contributed by atoms with Crippen molar-refractivity contribution < 1.29 is 22.5 Å². The van der Waals surface area contributed by atoms with Gasteiger partial charge in [0.1, 0.15) is 11.4 Å². The third-order valence-corrected chi connectivity index (χ3v) is 6.75. The summed E-state index contributed by atoms with van der Waals surface area (Å²) in [4.78, 5) is 24.7. The first-order chi connectivity index (χ1) is 14.3. The minimum Gasteiger partial charge on any atom is -0.351 e. The Morgan fingerprint density at radius 3 is 2.33 bits per heavy atom. The summed E-state index contributed by atoms with van der Waals surface area (Å²) in [6, 6.07) is 10.4. The second-order valence-corrected chi connectivity index (χ2v) is 8.67. The molecule has 0 saturated carbocycles. The zero-order valence-corrected chi connectivity index (χ0v) is 16.8. The van der Waals surface area contributed by atoms with Crippen LogP contribution in [0, 0.1) is 15.9 Å². The molecule has 0 aliphatic carbocycles. The van der Waals surface area contributed by atoms with Gasteiger partial charge in [0, 0.05) is 45.3 Å². The van der Waals surface area contributed by atoms with Crippen molar-refractivity contribution in [1.29, 1.82) is 0 Å². The van der Waals surface area contributed by atoms with Crippen molar-refractivity contribution in [1.82, 2.24) is 14.5 Å². The number of rotatable bonds is 7. The van der Waals surface area contributed by atoms with E-state index in [1.54, 1.807) is 6.07 Å². The fourth-order valence-corrected chi connectivity index (χ4v) is 4.62. The van der Waals surface area contributed by atoms with Gasteiger partial charge in [-0.15, -0.1) is 0 Å². The molecule has 9 nitrogen and oxygen atoms in total. The Labute approximate surface area is 173 Å². The van der Waals surface area contributed by atoms with Crippen LogP contribution in [0.15, 0.2) is 53.4 Å². The van der Waals surface area contributed by atoms with E-state index in [2.05, 4.69) is 5.32 Å². The lowest BCUT2D eigenvalue weighted by Gasteiger charge is -2.33. The molecule has 0 spiro atoms. The zero-order valence-electron chi connectivity index (χ0n) is 16.0. The SMILES string of the molecule is O=C(NCCN1CCN(S(=O)(=O)c2ccc(F)cc2)CC1)c1ccccc1[N+](=O)[O-]. The number of carbonyl (C=O) groups excluding carboxylic acids is 1. The summed E-state index contributed by atoms with van der Waals surface area (Å²) in [6.45, 7) is 2.26. The number of carbonyl (C=O) groups is 1. The van der Waals surface area contributed by atoms with Crippen LogP contribution in [0.2, 0.25) is 0 Å². The predicted octanol–water partition coefficient (Wildman–Crippen LogP) is 1.47. The van der Waals surface area contributed by atoms with Gasteiger partial charge in [0.2, 0.25) is 10.0 Å². The molecule has 2 aromatic carbocycles. The molecule has 3 rings (SSSR count). The summed E-state index contributed by atoms with van der Waals surface area (Å²) >= 11 is 0. The molecule has 0 radical (unpaired) electrons. The Bertz CT molecular complexity index is 1020. The van der Waals surface area contributed by atoms with E-state index in [-0.39, 0.29) is 35.8 Å². The second kappa shape index (κ2) is 9.28. The van der Waals surface area contributed by atoms with Gasteiger partial charge in [0.25, 0.3) is 11.6 Å². The number of nitrogens with one attached hydrogen (secondary N) is 1. The van der Waals surface area contributed by atoms with Crippen molar-refractivity contribution in [3.8, 4) is 0 Å². The highest BCUT2D eigenvalue weighted by atomic mass is 32.2. The minimum absolute atomic E-state index is 0.00212. The van der Waals surface area contributed by atoms with Crippen LogP contribution in [-0.4, -0.2) is 67.7 Å². The minimum atomic E-state index is -3.68. The lowest BCUT2D eigenvalue weighted by atomic mass is 10.1. The van der Waals surface area contributed by atoms with Crippen molar-refractivity contribution in [2.45, 2.75) is 4.90 Å². The van der Waals surface area contributed by atoms with Crippen LogP contribution >= 0.6 is 0 Å². The van der Waals surface area contributed by atoms with Gasteiger partial charge in [-0.25, -0.2) is 12.8 Å². The van der Waals surface area contributed by atoms with Gasteiger partial charge < -0.3 is 5.32 Å². The molecule has 1 heterocycles. The van der Waals surface area contributed by atoms with Crippen molar-refractivity contribution in [2.75, 3.05) is 39.3 Å². The Morgan fingerprint density at radius 2 is 1.70 bits per heavy atom. The molecule has 0 unspecified atom stereocenters. The normalized spacial score (nSPS) is 15.6. The molecular formula is C19H21FN4O5S. The molecule has 1 fully saturated rings. The summed E-state index contributed by atoms with van der Waals surface area (Å²) in [6.07, 6.45) is 0. The summed E-state index contributed by atoms with van der Waals surface area (Å²) in [5.74, 6) is -1.03. The number of benzene rings is 2. The first-order valence-corrected chi connectivity index (χ1v) is 10.7. The van der Waals surface area contributed by atoms with E-state index in [4.69, 9.17) is 0 Å². The zero-order chi connectivity index (χ0) is 21.7. The van der Waals surface area contributed by atoms with Crippen LogP contribution in [0.1, 0.15) is 10.4 Å². The lowest BCUT2D eigenvalue weighted by molar-refractivity contribution is -0.385. The third kappa shape index (κ3) is 4.99. The Morgan fingerprint density at radius 1 is 1.07 bits per heavy atom. The molecule has 11 heteroatoms. The lowest BCUT2D eigenvalue weighted by Crippen LogP contribution is -2.50. The number of hydrogen-bond donors (Lipinski definition) is 1. The number of halogens is 1. The van der Waals surface area contributed by atoms with Crippen molar-refractivity contribution in [3.63, 3.8) is 0 Å². The first-order valence-electron chi connectivity index (χ1n) is 9.29. The van der Waals surface area contributed by atoms with Gasteiger partial charge in [-0.3, -0.25) is 19.8 Å². The molecular weight excluding hydrogens is 415 g/mol. The Balaban J connectivity index is 1.49. The molecule has 1 saturated heterocycles. The molecule has 30 heavy (non-hydrogen) atoms. The fraction of sp³-hybridized carbons (Fsp3) is 0.316. The molecule has 1 N–H and O–H groups in total. The maximum Gasteiger partial charge on any atom is 0.282 e. The maximum atomic E-state index is 13.0. The van der Waals surface area contributed by atoms with Crippen LogP contribution in [0.4, 0.5) is 10.1 Å². The van der Waals surface area contributed by atoms with E-state index in [9.17, 15) is 27.7 Å². The molecule has 0 aromatic heterocycles. The van der Waals surface area contributed by atoms with E-state index in [1.165, 1.54) is 34.6 Å². The number of para-hydroxylation sites is 1. The molecule has 2 aromatic rings. The van der Waals surface area contributed by atoms with Gasteiger partial charge in [0.05, 0.1) is 9.82 Å². The van der Waals surface area contributed by atoms with Crippen LogP contribution in [0.3, 0.4) is 0 Å². The van der Waals surface area contributed by atoms with E-state index in [0.717, 1.165) is 12.1 Å². The largest absolute Gasteiger partial charge is 0.351 e. The van der Waals surface area contributed by atoms with Crippen LogP contribution in [0.5, 0.6) is 0 Å². The highest BCUT2D eigenvalue weighted by Crippen LogP contribution is 2.19. The summed E-state index contributed by atoms with van der Waals surface area (Å²) < 4.78 is 39.6. The molecule has 1 aliphatic heterocycles. The molecule has 0 atom stereocenters. The summed E-state index contributed by atoms with van der Waals surface area (Å²) in [7, 11) is -3.68. The first kappa shape index (κ1) is 21.8. The number of nitrogens with zero attached hydrogens (tertiary/aromatic N) is 3. The van der Waals surface area contributed by atoms with Gasteiger partial charge in [0.15, 0.2) is 0 Å². The van der Waals surface area contributed by atoms with Crippen molar-refractivity contribution in [3.05, 3.63) is 70.0 Å². The highest BCUT2D eigenvalue weighted by Gasteiger charge is 2.28. The fourth-order valence-electron chi connectivity index (χ4n) is 3.20. The summed E-state index contributed by atoms with van der Waals surface area (Å²) in [5.41, 5.74) is -0.257. The topological polar surface area (TPSA) is 113 Å².